The van der Waals surface area contributed by atoms with E-state index in [2.05, 4.69) is 0 Å². The summed E-state index contributed by atoms with van der Waals surface area (Å²) in [5, 5.41) is 0. The average molecular weight is 374 g/mol. The largest absolute Gasteiger partial charge is 0.496 e. The molecule has 28 heavy (non-hydrogen) atoms. The number of ether oxygens (including phenoxy) is 3. The lowest BCUT2D eigenvalue weighted by atomic mass is 10.1. The molecular formula is C24H22O4. The number of carbonyl (C=O) groups is 1. The lowest BCUT2D eigenvalue weighted by Gasteiger charge is -2.09. The maximum Gasteiger partial charge on any atom is 0.185 e. The molecule has 0 atom stereocenters. The van der Waals surface area contributed by atoms with Crippen molar-refractivity contribution in [3.05, 3.63) is 95.6 Å². The van der Waals surface area contributed by atoms with Gasteiger partial charge in [0.05, 0.1) is 19.8 Å². The Hall–Kier alpha value is -3.53. The Kier molecular flexibility index (Phi) is 6.47. The fraction of sp³-hybridized carbons (Fsp3) is 0.125. The van der Waals surface area contributed by atoms with Gasteiger partial charge in [-0.1, -0.05) is 36.4 Å². The van der Waals surface area contributed by atoms with E-state index in [9.17, 15) is 4.79 Å². The fourth-order valence-corrected chi connectivity index (χ4v) is 2.76. The Labute approximate surface area is 165 Å². The van der Waals surface area contributed by atoms with Crippen molar-refractivity contribution in [2.75, 3.05) is 14.2 Å². The Balaban J connectivity index is 1.67. The first-order valence-corrected chi connectivity index (χ1v) is 8.91. The summed E-state index contributed by atoms with van der Waals surface area (Å²) < 4.78 is 16.4. The second-order valence-corrected chi connectivity index (χ2v) is 6.07. The van der Waals surface area contributed by atoms with Crippen molar-refractivity contribution in [3.8, 4) is 17.2 Å². The zero-order chi connectivity index (χ0) is 19.8. The summed E-state index contributed by atoms with van der Waals surface area (Å²) in [6.07, 6.45) is 3.22. The second kappa shape index (κ2) is 9.42. The third-order valence-electron chi connectivity index (χ3n) is 4.25. The molecule has 0 amide bonds. The highest BCUT2D eigenvalue weighted by Gasteiger charge is 2.08. The van der Waals surface area contributed by atoms with Crippen molar-refractivity contribution in [1.29, 1.82) is 0 Å². The summed E-state index contributed by atoms with van der Waals surface area (Å²) >= 11 is 0. The van der Waals surface area contributed by atoms with Crippen molar-refractivity contribution >= 4 is 11.9 Å². The van der Waals surface area contributed by atoms with Gasteiger partial charge in [-0.3, -0.25) is 4.79 Å². The molecule has 3 aromatic carbocycles. The summed E-state index contributed by atoms with van der Waals surface area (Å²) in [6.45, 7) is 0.488. The first-order valence-electron chi connectivity index (χ1n) is 8.91. The van der Waals surface area contributed by atoms with Gasteiger partial charge in [-0.15, -0.1) is 0 Å². The molecule has 0 bridgehead atoms. The highest BCUT2D eigenvalue weighted by molar-refractivity contribution is 6.07. The van der Waals surface area contributed by atoms with Gasteiger partial charge in [0.1, 0.15) is 23.9 Å². The normalized spacial score (nSPS) is 10.6. The number of benzene rings is 3. The first-order chi connectivity index (χ1) is 13.7. The van der Waals surface area contributed by atoms with Crippen LogP contribution in [-0.4, -0.2) is 20.0 Å². The van der Waals surface area contributed by atoms with Gasteiger partial charge in [0.25, 0.3) is 0 Å². The molecule has 0 unspecified atom stereocenters. The molecule has 0 saturated heterocycles. The van der Waals surface area contributed by atoms with E-state index in [0.29, 0.717) is 23.7 Å². The van der Waals surface area contributed by atoms with E-state index in [-0.39, 0.29) is 5.78 Å². The zero-order valence-electron chi connectivity index (χ0n) is 15.9. The highest BCUT2D eigenvalue weighted by atomic mass is 16.5. The van der Waals surface area contributed by atoms with Gasteiger partial charge in [0.2, 0.25) is 0 Å². The van der Waals surface area contributed by atoms with Gasteiger partial charge >= 0.3 is 0 Å². The molecule has 4 nitrogen and oxygen atoms in total. The molecule has 0 N–H and O–H groups in total. The Morgan fingerprint density at radius 2 is 1.46 bits per heavy atom. The molecule has 142 valence electrons. The molecule has 4 heteroatoms. The smallest absolute Gasteiger partial charge is 0.185 e. The van der Waals surface area contributed by atoms with Crippen LogP contribution in [-0.2, 0) is 6.61 Å². The van der Waals surface area contributed by atoms with E-state index in [4.69, 9.17) is 14.2 Å². The fourth-order valence-electron chi connectivity index (χ4n) is 2.76. The number of allylic oxidation sites excluding steroid dienone is 1. The van der Waals surface area contributed by atoms with E-state index in [1.807, 2.05) is 48.5 Å². The van der Waals surface area contributed by atoms with E-state index >= 15 is 0 Å². The summed E-state index contributed by atoms with van der Waals surface area (Å²) in [5.41, 5.74) is 2.40. The maximum atomic E-state index is 12.5. The van der Waals surface area contributed by atoms with E-state index in [1.165, 1.54) is 6.08 Å². The van der Waals surface area contributed by atoms with Crippen LogP contribution in [0.1, 0.15) is 21.5 Å². The van der Waals surface area contributed by atoms with Gasteiger partial charge in [-0.2, -0.15) is 0 Å². The number of methoxy groups -OCH3 is 2. The van der Waals surface area contributed by atoms with Gasteiger partial charge in [-0.05, 0) is 54.1 Å². The number of carbonyl (C=O) groups excluding carboxylic acids is 1. The lowest BCUT2D eigenvalue weighted by molar-refractivity contribution is 0.104. The second-order valence-electron chi connectivity index (χ2n) is 6.07. The van der Waals surface area contributed by atoms with Crippen molar-refractivity contribution < 1.29 is 19.0 Å². The molecule has 0 saturated carbocycles. The van der Waals surface area contributed by atoms with Crippen molar-refractivity contribution in [3.63, 3.8) is 0 Å². The molecule has 0 spiro atoms. The molecule has 0 radical (unpaired) electrons. The summed E-state index contributed by atoms with van der Waals surface area (Å²) in [7, 11) is 3.17. The van der Waals surface area contributed by atoms with Gasteiger partial charge in [0.15, 0.2) is 5.78 Å². The van der Waals surface area contributed by atoms with Gasteiger partial charge < -0.3 is 14.2 Å². The quantitative estimate of drug-likeness (QED) is 0.403. The van der Waals surface area contributed by atoms with Crippen LogP contribution in [0.3, 0.4) is 0 Å². The number of ketones is 1. The summed E-state index contributed by atoms with van der Waals surface area (Å²) in [4.78, 5) is 12.5. The molecule has 0 fully saturated rings. The van der Waals surface area contributed by atoms with Crippen LogP contribution in [0.5, 0.6) is 17.2 Å². The summed E-state index contributed by atoms with van der Waals surface area (Å²) in [5.74, 6) is 1.90. The SMILES string of the molecule is COc1cccc(OC)c1C=CC(=O)c1ccc(OCc2ccccc2)cc1. The zero-order valence-corrected chi connectivity index (χ0v) is 15.9. The maximum absolute atomic E-state index is 12.5. The Morgan fingerprint density at radius 1 is 0.821 bits per heavy atom. The van der Waals surface area contributed by atoms with E-state index < -0.39 is 0 Å². The number of hydrogen-bond acceptors (Lipinski definition) is 4. The monoisotopic (exact) mass is 374 g/mol. The van der Waals surface area contributed by atoms with Crippen LogP contribution < -0.4 is 14.2 Å². The topological polar surface area (TPSA) is 44.8 Å². The minimum atomic E-state index is -0.109. The first kappa shape index (κ1) is 19.2. The highest BCUT2D eigenvalue weighted by Crippen LogP contribution is 2.29. The molecule has 0 heterocycles. The van der Waals surface area contributed by atoms with Gasteiger partial charge in [0, 0.05) is 5.56 Å². The van der Waals surface area contributed by atoms with Crippen LogP contribution in [0, 0.1) is 0 Å². The van der Waals surface area contributed by atoms with Crippen LogP contribution in [0.4, 0.5) is 0 Å². The van der Waals surface area contributed by atoms with Crippen LogP contribution in [0.15, 0.2) is 78.9 Å². The molecule has 0 aliphatic rings. The number of rotatable bonds is 8. The molecule has 3 rings (SSSR count). The van der Waals surface area contributed by atoms with E-state index in [1.54, 1.807) is 44.6 Å². The third kappa shape index (κ3) is 4.80. The lowest BCUT2D eigenvalue weighted by Crippen LogP contribution is -1.97. The van der Waals surface area contributed by atoms with Crippen LogP contribution in [0.2, 0.25) is 0 Å². The minimum Gasteiger partial charge on any atom is -0.496 e. The van der Waals surface area contributed by atoms with Crippen molar-refractivity contribution in [2.24, 2.45) is 0 Å². The van der Waals surface area contributed by atoms with Gasteiger partial charge in [-0.25, -0.2) is 0 Å². The predicted molar refractivity (Wildman–Crippen MR) is 110 cm³/mol. The molecular weight excluding hydrogens is 352 g/mol. The number of hydrogen-bond donors (Lipinski definition) is 0. The van der Waals surface area contributed by atoms with Crippen LogP contribution in [0.25, 0.3) is 6.08 Å². The Morgan fingerprint density at radius 3 is 2.07 bits per heavy atom. The van der Waals surface area contributed by atoms with E-state index in [0.717, 1.165) is 16.9 Å². The standard InChI is InChI=1S/C24H22O4/c1-26-23-9-6-10-24(27-2)21(23)15-16-22(25)19-11-13-20(14-12-19)28-17-18-7-4-3-5-8-18/h3-16H,17H2,1-2H3. The molecule has 0 aromatic heterocycles. The minimum absolute atomic E-state index is 0.109. The Bertz CT molecular complexity index is 922. The van der Waals surface area contributed by atoms with Crippen molar-refractivity contribution in [1.82, 2.24) is 0 Å². The molecule has 0 aliphatic heterocycles. The molecule has 3 aromatic rings. The van der Waals surface area contributed by atoms with Crippen LogP contribution >= 0.6 is 0 Å². The summed E-state index contributed by atoms with van der Waals surface area (Å²) in [6, 6.07) is 22.5. The predicted octanol–water partition coefficient (Wildman–Crippen LogP) is 5.18. The average Bonchev–Trinajstić information content (AvgIpc) is 2.76. The van der Waals surface area contributed by atoms with Crippen molar-refractivity contribution in [2.45, 2.75) is 6.61 Å². The molecule has 0 aliphatic carbocycles. The third-order valence-corrected chi connectivity index (χ3v) is 4.25.